The molecule has 2 heterocycles. The molecule has 0 unspecified atom stereocenters. The second-order valence-corrected chi connectivity index (χ2v) is 3.70. The fourth-order valence-electron chi connectivity index (χ4n) is 1.73. The van der Waals surface area contributed by atoms with E-state index in [0.717, 1.165) is 4.57 Å². The Hall–Kier alpha value is -1.32. The molecule has 0 spiro atoms. The normalized spacial score (nSPS) is 39.8. The van der Waals surface area contributed by atoms with Crippen molar-refractivity contribution in [3.63, 3.8) is 0 Å². The van der Waals surface area contributed by atoms with E-state index in [-0.39, 0.29) is 30.5 Å². The molecule has 0 N–H and O–H groups in total. The molecule has 1 aliphatic rings. The van der Waals surface area contributed by atoms with Crippen LogP contribution in [0.1, 0.15) is 34.5 Å². The third-order valence-corrected chi connectivity index (χ3v) is 2.70. The van der Waals surface area contributed by atoms with Crippen LogP contribution in [0.4, 0.5) is 0 Å². The summed E-state index contributed by atoms with van der Waals surface area (Å²) in [5.74, 6) is -3.93. The topological polar surface area (TPSA) is 44.1 Å². The number of hydrogen-bond donors (Lipinski definition) is 0. The third-order valence-electron chi connectivity index (χ3n) is 2.70. The predicted molar refractivity (Wildman–Crippen MR) is 59.9 cm³/mol. The first kappa shape index (κ1) is 5.34. The zero-order valence-corrected chi connectivity index (χ0v) is 9.20. The minimum Gasteiger partial charge on any atom is -0.465 e. The molecule has 0 saturated carbocycles. The molecular weight excluding hydrogens is 204 g/mol. The largest absolute Gasteiger partial charge is 0.465 e. The standard InChI is InChI=1S/C12H18N2O2/c1-4-11-9(7-16-12(11)15)5-10-6-13-8(2)14(10)3/h6,9,11H,4-5,7H2,1-3H3/t9-,11-/m0/s1/i3D3,6D,7D2,11D. The molecule has 0 aromatic carbocycles. The van der Waals surface area contributed by atoms with Crippen LogP contribution < -0.4 is 0 Å². The number of aromatic nitrogens is 2. The summed E-state index contributed by atoms with van der Waals surface area (Å²) >= 11 is 0. The zero-order valence-electron chi connectivity index (χ0n) is 16.2. The number of imidazole rings is 1. The predicted octanol–water partition coefficient (Wildman–Crippen LogP) is 1.47. The Morgan fingerprint density at radius 1 is 1.94 bits per heavy atom. The number of carbonyl (C=O) groups is 1. The lowest BCUT2D eigenvalue weighted by Gasteiger charge is -2.13. The van der Waals surface area contributed by atoms with Crippen LogP contribution in [0.25, 0.3) is 0 Å². The average molecular weight is 229 g/mol. The summed E-state index contributed by atoms with van der Waals surface area (Å²) in [5, 5.41) is 0. The maximum absolute atomic E-state index is 11.9. The van der Waals surface area contributed by atoms with Crippen molar-refractivity contribution in [1.29, 1.82) is 0 Å². The van der Waals surface area contributed by atoms with Gasteiger partial charge in [-0.1, -0.05) is 6.92 Å². The maximum atomic E-state index is 11.9. The van der Waals surface area contributed by atoms with Gasteiger partial charge >= 0.3 is 5.97 Å². The Balaban J connectivity index is 2.52. The van der Waals surface area contributed by atoms with E-state index in [2.05, 4.69) is 9.72 Å². The van der Waals surface area contributed by atoms with Gasteiger partial charge in [0, 0.05) is 30.2 Å². The Labute approximate surface area is 105 Å². The van der Waals surface area contributed by atoms with Crippen LogP contribution in [0.2, 0.25) is 0 Å². The lowest BCUT2D eigenvalue weighted by molar-refractivity contribution is -0.141. The van der Waals surface area contributed by atoms with Gasteiger partial charge in [0.1, 0.15) is 5.82 Å². The molecule has 0 bridgehead atoms. The summed E-state index contributed by atoms with van der Waals surface area (Å²) in [6.45, 7) is -1.99. The molecule has 0 radical (unpaired) electrons. The number of carbonyl (C=O) groups excluding carboxylic acids is 1. The van der Waals surface area contributed by atoms with Crippen LogP contribution in [0, 0.1) is 18.7 Å². The van der Waals surface area contributed by atoms with Crippen LogP contribution in [0.5, 0.6) is 0 Å². The van der Waals surface area contributed by atoms with Crippen LogP contribution in [0.3, 0.4) is 0 Å². The van der Waals surface area contributed by atoms with Crippen molar-refractivity contribution in [2.45, 2.75) is 26.7 Å². The second kappa shape index (κ2) is 4.28. The molecule has 2 atom stereocenters. The van der Waals surface area contributed by atoms with Gasteiger partial charge in [-0.3, -0.25) is 4.79 Å². The zero-order chi connectivity index (χ0) is 17.8. The summed E-state index contributed by atoms with van der Waals surface area (Å²) < 4.78 is 60.1. The van der Waals surface area contributed by atoms with Gasteiger partial charge in [0.15, 0.2) is 0 Å². The second-order valence-electron chi connectivity index (χ2n) is 3.70. The van der Waals surface area contributed by atoms with E-state index in [1.807, 2.05) is 0 Å². The molecule has 4 nitrogen and oxygen atoms in total. The smallest absolute Gasteiger partial charge is 0.309 e. The molecule has 88 valence electrons. The van der Waals surface area contributed by atoms with Gasteiger partial charge in [0.2, 0.25) is 0 Å². The molecular formula is C12H18N2O2. The van der Waals surface area contributed by atoms with E-state index >= 15 is 0 Å². The minimum absolute atomic E-state index is 0.0181. The van der Waals surface area contributed by atoms with Crippen LogP contribution in [0.15, 0.2) is 6.17 Å². The number of nitrogens with zero attached hydrogens (tertiary/aromatic N) is 2. The van der Waals surface area contributed by atoms with Gasteiger partial charge in [0.25, 0.3) is 0 Å². The highest BCUT2D eigenvalue weighted by atomic mass is 16.5. The molecule has 1 aromatic heterocycles. The van der Waals surface area contributed by atoms with Crippen molar-refractivity contribution >= 4 is 5.97 Å². The number of aryl methyl sites for hydroxylation is 1. The highest BCUT2D eigenvalue weighted by Gasteiger charge is 2.35. The fourth-order valence-corrected chi connectivity index (χ4v) is 1.73. The van der Waals surface area contributed by atoms with Gasteiger partial charge in [-0.15, -0.1) is 0 Å². The van der Waals surface area contributed by atoms with E-state index in [0.29, 0.717) is 0 Å². The Bertz CT molecular complexity index is 640. The summed E-state index contributed by atoms with van der Waals surface area (Å²) in [5.41, 5.74) is -0.0280. The summed E-state index contributed by atoms with van der Waals surface area (Å²) in [6.07, 6.45) is -0.578. The molecule has 0 amide bonds. The van der Waals surface area contributed by atoms with E-state index in [4.69, 9.17) is 9.60 Å². The molecule has 1 aromatic rings. The molecule has 4 heteroatoms. The third kappa shape index (κ3) is 1.84. The van der Waals surface area contributed by atoms with Gasteiger partial charge < -0.3 is 9.30 Å². The van der Waals surface area contributed by atoms with Crippen LogP contribution >= 0.6 is 0 Å². The Morgan fingerprint density at radius 3 is 3.44 bits per heavy atom. The number of ether oxygens (including phenoxy) is 1. The fraction of sp³-hybridized carbons (Fsp3) is 0.667. The summed E-state index contributed by atoms with van der Waals surface area (Å²) in [7, 11) is 0. The lowest BCUT2D eigenvalue weighted by atomic mass is 9.89. The Morgan fingerprint density at radius 2 is 2.75 bits per heavy atom. The monoisotopic (exact) mass is 229 g/mol. The van der Waals surface area contributed by atoms with Crippen molar-refractivity contribution in [2.75, 3.05) is 6.56 Å². The first-order chi connectivity index (χ1) is 10.3. The quantitative estimate of drug-likeness (QED) is 0.737. The summed E-state index contributed by atoms with van der Waals surface area (Å²) in [6, 6.07) is 0. The van der Waals surface area contributed by atoms with E-state index in [1.165, 1.54) is 6.92 Å². The van der Waals surface area contributed by atoms with E-state index in [1.54, 1.807) is 6.92 Å². The van der Waals surface area contributed by atoms with Crippen molar-refractivity contribution in [2.24, 2.45) is 18.8 Å². The molecule has 1 aliphatic heterocycles. The minimum atomic E-state index is -2.58. The molecule has 1 saturated heterocycles. The van der Waals surface area contributed by atoms with Crippen molar-refractivity contribution in [3.8, 4) is 0 Å². The average Bonchev–Trinajstić information content (AvgIpc) is 2.75. The van der Waals surface area contributed by atoms with Gasteiger partial charge in [-0.05, 0) is 19.8 Å². The van der Waals surface area contributed by atoms with E-state index < -0.39 is 31.3 Å². The van der Waals surface area contributed by atoms with Crippen LogP contribution in [-0.2, 0) is 22.9 Å². The molecule has 16 heavy (non-hydrogen) atoms. The highest BCUT2D eigenvalue weighted by molar-refractivity contribution is 5.74. The number of cyclic esters (lactones) is 1. The van der Waals surface area contributed by atoms with Crippen molar-refractivity contribution in [1.82, 2.24) is 9.55 Å². The highest BCUT2D eigenvalue weighted by Crippen LogP contribution is 2.28. The molecule has 1 fully saturated rings. The lowest BCUT2D eigenvalue weighted by Crippen LogP contribution is -2.18. The number of hydrogen-bond acceptors (Lipinski definition) is 3. The van der Waals surface area contributed by atoms with E-state index in [9.17, 15) is 4.79 Å². The van der Waals surface area contributed by atoms with Crippen LogP contribution in [-0.4, -0.2) is 22.1 Å². The Kier molecular flexibility index (Phi) is 1.43. The SMILES string of the molecule is [2H]c1nc(C)n(C([2H])([2H])[2H])c1C[C@H]1C([2H])([2H])OC(=O)[C@@]1([2H])CC. The van der Waals surface area contributed by atoms with Crippen molar-refractivity contribution in [3.05, 3.63) is 17.7 Å². The summed E-state index contributed by atoms with van der Waals surface area (Å²) in [4.78, 5) is 15.7. The van der Waals surface area contributed by atoms with Gasteiger partial charge in [-0.2, -0.15) is 0 Å². The number of rotatable bonds is 3. The first-order valence-electron chi connectivity index (χ1n) is 8.63. The maximum Gasteiger partial charge on any atom is 0.309 e. The molecule has 2 rings (SSSR count). The first-order valence-corrected chi connectivity index (χ1v) is 5.13. The van der Waals surface area contributed by atoms with Crippen molar-refractivity contribution < 1.29 is 19.1 Å². The van der Waals surface area contributed by atoms with Gasteiger partial charge in [-0.25, -0.2) is 4.98 Å². The van der Waals surface area contributed by atoms with Gasteiger partial charge in [0.05, 0.1) is 16.6 Å². The number of esters is 1. The molecule has 0 aliphatic carbocycles.